The summed E-state index contributed by atoms with van der Waals surface area (Å²) in [4.78, 5) is 25.8. The standard InChI is InChI=1S/C26H23F3N6O/c27-26(28,29)25-14-24(25,23(36)33-18-6-8-21(32-13-18)34-10-1-2-11-34)15-35(16-25)20-7-5-17(12-30)22-19(20)4-3-9-31-22/h3-9,13H,1-2,10-11,14-16H2,(H,33,36)/t24-,25-/m0/s1. The monoisotopic (exact) mass is 492 g/mol. The molecule has 1 aliphatic carbocycles. The molecule has 1 amide bonds. The van der Waals surface area contributed by atoms with Crippen LogP contribution in [0, 0.1) is 22.2 Å². The highest BCUT2D eigenvalue weighted by molar-refractivity contribution is 6.01. The zero-order valence-electron chi connectivity index (χ0n) is 19.3. The SMILES string of the molecule is N#Cc1ccc(N2C[C@]3(C(=O)Nc4ccc(N5CCCC5)nc4)C[C@]3(C(F)(F)F)C2)c2cccnc12. The lowest BCUT2D eigenvalue weighted by molar-refractivity contribution is -0.191. The molecule has 3 fully saturated rings. The second-order valence-corrected chi connectivity index (χ2v) is 9.89. The lowest BCUT2D eigenvalue weighted by atomic mass is 9.94. The number of anilines is 3. The second kappa shape index (κ2) is 7.82. The molecule has 6 rings (SSSR count). The predicted molar refractivity (Wildman–Crippen MR) is 129 cm³/mol. The molecule has 0 unspecified atom stereocenters. The van der Waals surface area contributed by atoms with Crippen LogP contribution in [0.15, 0.2) is 48.8 Å². The lowest BCUT2D eigenvalue weighted by Gasteiger charge is -2.25. The molecule has 2 aliphatic heterocycles. The number of nitrogens with zero attached hydrogens (tertiary/aromatic N) is 5. The molecular formula is C26H23F3N6O. The Morgan fingerprint density at radius 2 is 1.86 bits per heavy atom. The van der Waals surface area contributed by atoms with Crippen molar-refractivity contribution in [2.24, 2.45) is 10.8 Å². The fourth-order valence-electron chi connectivity index (χ4n) is 5.96. The summed E-state index contributed by atoms with van der Waals surface area (Å²) in [5.74, 6) is 0.155. The summed E-state index contributed by atoms with van der Waals surface area (Å²) in [5.41, 5.74) is -2.02. The van der Waals surface area contributed by atoms with E-state index in [9.17, 15) is 23.2 Å². The number of aromatic nitrogens is 2. The lowest BCUT2D eigenvalue weighted by Crippen LogP contribution is -2.36. The molecule has 36 heavy (non-hydrogen) atoms. The molecule has 2 saturated heterocycles. The normalized spacial score (nSPS) is 25.1. The summed E-state index contributed by atoms with van der Waals surface area (Å²) in [5, 5.41) is 12.7. The minimum Gasteiger partial charge on any atom is -0.369 e. The summed E-state index contributed by atoms with van der Waals surface area (Å²) in [6.45, 7) is 1.44. The molecule has 0 radical (unpaired) electrons. The van der Waals surface area contributed by atoms with Crippen LogP contribution in [-0.4, -0.2) is 48.2 Å². The number of hydrogen-bond donors (Lipinski definition) is 1. The van der Waals surface area contributed by atoms with Crippen LogP contribution >= 0.6 is 0 Å². The van der Waals surface area contributed by atoms with E-state index in [1.165, 1.54) is 6.20 Å². The van der Waals surface area contributed by atoms with Gasteiger partial charge in [-0.1, -0.05) is 0 Å². The summed E-state index contributed by atoms with van der Waals surface area (Å²) in [6, 6.07) is 12.2. The first-order valence-corrected chi connectivity index (χ1v) is 11.9. The highest BCUT2D eigenvalue weighted by Crippen LogP contribution is 2.75. The molecule has 3 aromatic rings. The van der Waals surface area contributed by atoms with Crippen LogP contribution in [0.1, 0.15) is 24.8 Å². The van der Waals surface area contributed by atoms with Crippen LogP contribution in [0.3, 0.4) is 0 Å². The number of carbonyl (C=O) groups excluding carboxylic acids is 1. The Bertz CT molecular complexity index is 1400. The number of nitrogens with one attached hydrogen (secondary N) is 1. The number of piperidine rings is 1. The maximum absolute atomic E-state index is 14.4. The van der Waals surface area contributed by atoms with Crippen molar-refractivity contribution in [2.45, 2.75) is 25.4 Å². The van der Waals surface area contributed by atoms with Gasteiger partial charge in [-0.2, -0.15) is 18.4 Å². The number of fused-ring (bicyclic) bond motifs is 2. The van der Waals surface area contributed by atoms with E-state index in [4.69, 9.17) is 0 Å². The molecule has 2 aromatic heterocycles. The van der Waals surface area contributed by atoms with Gasteiger partial charge in [0.05, 0.1) is 28.4 Å². The zero-order chi connectivity index (χ0) is 25.1. The number of carbonyl (C=O) groups is 1. The summed E-state index contributed by atoms with van der Waals surface area (Å²) in [6.07, 6.45) is 0.456. The number of hydrogen-bond acceptors (Lipinski definition) is 6. The van der Waals surface area contributed by atoms with E-state index in [0.717, 1.165) is 31.7 Å². The zero-order valence-corrected chi connectivity index (χ0v) is 19.3. The fourth-order valence-corrected chi connectivity index (χ4v) is 5.96. The molecule has 184 valence electrons. The third-order valence-corrected chi connectivity index (χ3v) is 7.94. The van der Waals surface area contributed by atoms with Gasteiger partial charge in [0.15, 0.2) is 0 Å². The Labute approximate surface area is 205 Å². The molecule has 0 bridgehead atoms. The molecule has 1 saturated carbocycles. The van der Waals surface area contributed by atoms with Gasteiger partial charge in [0.1, 0.15) is 17.3 Å². The summed E-state index contributed by atoms with van der Waals surface area (Å²) < 4.78 is 43.2. The molecule has 2 atom stereocenters. The largest absolute Gasteiger partial charge is 0.397 e. The Hall–Kier alpha value is -3.87. The molecule has 0 spiro atoms. The van der Waals surface area contributed by atoms with Crippen LogP contribution in [0.5, 0.6) is 0 Å². The third kappa shape index (κ3) is 3.22. The molecule has 1 aromatic carbocycles. The van der Waals surface area contributed by atoms with Gasteiger partial charge < -0.3 is 15.1 Å². The quantitative estimate of drug-likeness (QED) is 0.577. The van der Waals surface area contributed by atoms with Crippen molar-refractivity contribution in [2.75, 3.05) is 41.3 Å². The van der Waals surface area contributed by atoms with E-state index < -0.39 is 22.9 Å². The average molecular weight is 493 g/mol. The number of nitriles is 1. The van der Waals surface area contributed by atoms with Gasteiger partial charge in [-0.25, -0.2) is 4.98 Å². The number of rotatable bonds is 4. The molecular weight excluding hydrogens is 469 g/mol. The number of alkyl halides is 3. The minimum absolute atomic E-state index is 0.0759. The highest BCUT2D eigenvalue weighted by atomic mass is 19.4. The van der Waals surface area contributed by atoms with Crippen molar-refractivity contribution in [3.63, 3.8) is 0 Å². The van der Waals surface area contributed by atoms with Crippen LogP contribution in [0.4, 0.5) is 30.4 Å². The fraction of sp³-hybridized carbons (Fsp3) is 0.385. The van der Waals surface area contributed by atoms with Gasteiger partial charge in [0, 0.05) is 43.4 Å². The van der Waals surface area contributed by atoms with Crippen LogP contribution in [0.25, 0.3) is 10.9 Å². The third-order valence-electron chi connectivity index (χ3n) is 7.94. The Morgan fingerprint density at radius 1 is 1.06 bits per heavy atom. The van der Waals surface area contributed by atoms with E-state index in [0.29, 0.717) is 27.8 Å². The maximum atomic E-state index is 14.4. The molecule has 4 heterocycles. The topological polar surface area (TPSA) is 85.2 Å². The Morgan fingerprint density at radius 3 is 2.56 bits per heavy atom. The van der Waals surface area contributed by atoms with Gasteiger partial charge in [0.25, 0.3) is 0 Å². The second-order valence-electron chi connectivity index (χ2n) is 9.89. The Balaban J connectivity index is 1.30. The van der Waals surface area contributed by atoms with E-state index in [1.807, 2.05) is 0 Å². The van der Waals surface area contributed by atoms with Crippen molar-refractivity contribution in [3.8, 4) is 6.07 Å². The van der Waals surface area contributed by atoms with Crippen LogP contribution < -0.4 is 15.1 Å². The number of pyridine rings is 2. The van der Waals surface area contributed by atoms with E-state index >= 15 is 0 Å². The number of halogens is 3. The predicted octanol–water partition coefficient (Wildman–Crippen LogP) is 4.50. The van der Waals surface area contributed by atoms with Crippen LogP contribution in [0.2, 0.25) is 0 Å². The van der Waals surface area contributed by atoms with Gasteiger partial charge in [-0.05, 0) is 55.7 Å². The number of benzene rings is 1. The first-order valence-electron chi connectivity index (χ1n) is 11.9. The first-order chi connectivity index (χ1) is 17.3. The minimum atomic E-state index is -4.54. The van der Waals surface area contributed by atoms with E-state index in [2.05, 4.69) is 26.3 Å². The highest BCUT2D eigenvalue weighted by Gasteiger charge is 2.86. The average Bonchev–Trinajstić information content (AvgIpc) is 3.18. The van der Waals surface area contributed by atoms with Crippen LogP contribution in [-0.2, 0) is 4.79 Å². The van der Waals surface area contributed by atoms with Gasteiger partial charge in [-0.15, -0.1) is 0 Å². The van der Waals surface area contributed by atoms with Crippen molar-refractivity contribution in [3.05, 3.63) is 54.4 Å². The van der Waals surface area contributed by atoms with E-state index in [1.54, 1.807) is 47.5 Å². The Kier molecular flexibility index (Phi) is 4.90. The first kappa shape index (κ1) is 22.6. The molecule has 1 N–H and O–H groups in total. The van der Waals surface area contributed by atoms with E-state index in [-0.39, 0.29) is 19.5 Å². The van der Waals surface area contributed by atoms with Gasteiger partial charge in [0.2, 0.25) is 5.91 Å². The van der Waals surface area contributed by atoms with Crippen molar-refractivity contribution in [1.82, 2.24) is 9.97 Å². The summed E-state index contributed by atoms with van der Waals surface area (Å²) in [7, 11) is 0. The molecule has 10 heteroatoms. The van der Waals surface area contributed by atoms with Crippen molar-refractivity contribution < 1.29 is 18.0 Å². The van der Waals surface area contributed by atoms with Crippen molar-refractivity contribution in [1.29, 1.82) is 5.26 Å². The van der Waals surface area contributed by atoms with Crippen molar-refractivity contribution >= 4 is 34.0 Å². The maximum Gasteiger partial charge on any atom is 0.397 e. The van der Waals surface area contributed by atoms with Gasteiger partial charge >= 0.3 is 6.18 Å². The molecule has 7 nitrogen and oxygen atoms in total. The van der Waals surface area contributed by atoms with Gasteiger partial charge in [-0.3, -0.25) is 9.78 Å². The molecule has 3 aliphatic rings. The summed E-state index contributed by atoms with van der Waals surface area (Å²) >= 11 is 0. The smallest absolute Gasteiger partial charge is 0.369 e. The number of amides is 1.